The Kier molecular flexibility index (Phi) is 6.95. The van der Waals surface area contributed by atoms with Gasteiger partial charge in [-0.3, -0.25) is 9.97 Å². The summed E-state index contributed by atoms with van der Waals surface area (Å²) in [7, 11) is 0. The Labute approximate surface area is 218 Å². The van der Waals surface area contributed by atoms with Crippen molar-refractivity contribution in [2.75, 3.05) is 0 Å². The van der Waals surface area contributed by atoms with Crippen molar-refractivity contribution in [2.24, 2.45) is 0 Å². The van der Waals surface area contributed by atoms with Crippen LogP contribution in [-0.4, -0.2) is 30.9 Å². The summed E-state index contributed by atoms with van der Waals surface area (Å²) in [5.41, 5.74) is 0.716. The van der Waals surface area contributed by atoms with Gasteiger partial charge in [0.25, 0.3) is 0 Å². The van der Waals surface area contributed by atoms with Gasteiger partial charge in [0.15, 0.2) is 22.3 Å². The fourth-order valence-corrected chi connectivity index (χ4v) is 3.98. The lowest BCUT2D eigenvalue weighted by molar-refractivity contribution is -0.122. The molecule has 3 aromatic rings. The van der Waals surface area contributed by atoms with Crippen LogP contribution in [0.2, 0.25) is 0 Å². The molecule has 9 nitrogen and oxygen atoms in total. The molecule has 0 radical (unpaired) electrons. The van der Waals surface area contributed by atoms with Crippen LogP contribution in [0.5, 0.6) is 0 Å². The number of halogens is 2. The lowest BCUT2D eigenvalue weighted by Crippen LogP contribution is -2.49. The van der Waals surface area contributed by atoms with Crippen molar-refractivity contribution in [1.29, 1.82) is 0 Å². The number of aliphatic hydroxyl groups is 1. The molecule has 1 atom stereocenters. The van der Waals surface area contributed by atoms with Gasteiger partial charge in [-0.2, -0.15) is 0 Å². The van der Waals surface area contributed by atoms with Crippen LogP contribution < -0.4 is 4.65 Å². The fourth-order valence-electron chi connectivity index (χ4n) is 3.75. The largest absolute Gasteiger partial charge is 0.614 e. The second-order valence-electron chi connectivity index (χ2n) is 9.29. The van der Waals surface area contributed by atoms with Crippen LogP contribution >= 0.6 is 11.6 Å². The topological polar surface area (TPSA) is 121 Å². The SMILES string of the molecule is CC1=CC(OCc2ncc(C)cc2F)=C(Cl)C(=O)[N+]1([O-])c1cc(-c2ccnc(C(C)(C)O)n2)ncc1C. The minimum absolute atomic E-state index is 0.0411. The van der Waals surface area contributed by atoms with Gasteiger partial charge >= 0.3 is 5.91 Å². The highest BCUT2D eigenvalue weighted by Crippen LogP contribution is 2.40. The number of rotatable bonds is 6. The smallest absolute Gasteiger partial charge is 0.370 e. The Hall–Kier alpha value is -3.57. The number of pyridine rings is 2. The average Bonchev–Trinajstić information content (AvgIpc) is 2.85. The Morgan fingerprint density at radius 3 is 2.54 bits per heavy atom. The van der Waals surface area contributed by atoms with Crippen LogP contribution in [0.15, 0.2) is 59.4 Å². The third kappa shape index (κ3) is 5.01. The van der Waals surface area contributed by atoms with E-state index in [2.05, 4.69) is 19.9 Å². The molecule has 1 N–H and O–H groups in total. The lowest BCUT2D eigenvalue weighted by atomic mass is 10.1. The fraction of sp³-hybridized carbons (Fsp3) is 0.269. The zero-order chi connectivity index (χ0) is 27.1. The molecule has 1 aliphatic rings. The van der Waals surface area contributed by atoms with Crippen LogP contribution in [0.25, 0.3) is 11.4 Å². The summed E-state index contributed by atoms with van der Waals surface area (Å²) in [5, 5.41) is 24.0. The molecule has 11 heteroatoms. The molecule has 0 fully saturated rings. The lowest BCUT2D eigenvalue weighted by Gasteiger charge is -2.41. The van der Waals surface area contributed by atoms with E-state index in [1.165, 1.54) is 43.7 Å². The molecule has 1 unspecified atom stereocenters. The van der Waals surface area contributed by atoms with Gasteiger partial charge in [0.05, 0.1) is 11.4 Å². The van der Waals surface area contributed by atoms with E-state index < -0.39 is 27.0 Å². The Morgan fingerprint density at radius 2 is 1.86 bits per heavy atom. The van der Waals surface area contributed by atoms with Gasteiger partial charge in [-0.15, -0.1) is 0 Å². The molecule has 4 heterocycles. The van der Waals surface area contributed by atoms with E-state index >= 15 is 0 Å². The summed E-state index contributed by atoms with van der Waals surface area (Å²) in [5.74, 6) is -1.38. The first kappa shape index (κ1) is 26.5. The molecule has 4 rings (SSSR count). The molecular formula is C26H25ClFN5O4. The summed E-state index contributed by atoms with van der Waals surface area (Å²) in [6.07, 6.45) is 5.80. The Morgan fingerprint density at radius 1 is 1.14 bits per heavy atom. The number of nitrogens with zero attached hydrogens (tertiary/aromatic N) is 5. The summed E-state index contributed by atoms with van der Waals surface area (Å²) in [4.78, 5) is 30.2. The van der Waals surface area contributed by atoms with Crippen molar-refractivity contribution in [3.8, 4) is 11.4 Å². The van der Waals surface area contributed by atoms with Crippen molar-refractivity contribution in [3.63, 3.8) is 0 Å². The second kappa shape index (κ2) is 9.71. The van der Waals surface area contributed by atoms with Gasteiger partial charge < -0.3 is 15.1 Å². The molecule has 0 saturated heterocycles. The third-order valence-corrected chi connectivity index (χ3v) is 6.17. The molecule has 192 valence electrons. The number of allylic oxidation sites excluding steroid dienone is 2. The van der Waals surface area contributed by atoms with Crippen molar-refractivity contribution in [2.45, 2.75) is 46.8 Å². The molecule has 1 aliphatic heterocycles. The van der Waals surface area contributed by atoms with Gasteiger partial charge in [-0.25, -0.2) is 23.8 Å². The number of carbonyl (C=O) groups is 1. The Balaban J connectivity index is 1.69. The number of amides is 1. The average molecular weight is 526 g/mol. The van der Waals surface area contributed by atoms with E-state index in [0.717, 1.165) is 0 Å². The molecule has 0 saturated carbocycles. The van der Waals surface area contributed by atoms with E-state index in [4.69, 9.17) is 16.3 Å². The van der Waals surface area contributed by atoms with Crippen molar-refractivity contribution in [3.05, 3.63) is 93.0 Å². The van der Waals surface area contributed by atoms with Crippen LogP contribution in [0.3, 0.4) is 0 Å². The molecular weight excluding hydrogens is 501 g/mol. The van der Waals surface area contributed by atoms with Gasteiger partial charge in [0.1, 0.15) is 29.4 Å². The normalized spacial score (nSPS) is 18.2. The van der Waals surface area contributed by atoms with Crippen LogP contribution in [0.1, 0.15) is 43.4 Å². The van der Waals surface area contributed by atoms with E-state index in [1.807, 2.05) is 0 Å². The zero-order valence-electron chi connectivity index (χ0n) is 20.9. The van der Waals surface area contributed by atoms with Crippen molar-refractivity contribution < 1.29 is 19.0 Å². The van der Waals surface area contributed by atoms with E-state index in [0.29, 0.717) is 22.5 Å². The first-order valence-corrected chi connectivity index (χ1v) is 11.7. The highest BCUT2D eigenvalue weighted by Gasteiger charge is 2.42. The number of aryl methyl sites for hydroxylation is 2. The van der Waals surface area contributed by atoms with Gasteiger partial charge in [-0.1, -0.05) is 11.6 Å². The summed E-state index contributed by atoms with van der Waals surface area (Å²) in [6, 6.07) is 4.37. The predicted octanol–water partition coefficient (Wildman–Crippen LogP) is 4.83. The second-order valence-corrected chi connectivity index (χ2v) is 9.67. The number of ether oxygens (including phenoxy) is 1. The molecule has 0 bridgehead atoms. The molecule has 1 amide bonds. The maximum absolute atomic E-state index is 14.2. The van der Waals surface area contributed by atoms with E-state index in [-0.39, 0.29) is 35.3 Å². The standard InChI is InChI=1S/C26H25ClFN5O4/c1-14-8-17(28)20(30-11-14)13-37-22-9-16(3)33(36,24(34)23(22)27)21-10-19(31-12-15(21)2)18-6-7-29-25(32-18)26(4,5)35/h6-12,35H,13H2,1-5H3. The maximum Gasteiger partial charge on any atom is 0.370 e. The van der Waals surface area contributed by atoms with Crippen molar-refractivity contribution >= 4 is 23.2 Å². The molecule has 0 aliphatic carbocycles. The number of hydrogen-bond donors (Lipinski definition) is 1. The highest BCUT2D eigenvalue weighted by atomic mass is 35.5. The summed E-state index contributed by atoms with van der Waals surface area (Å²) in [6.45, 7) is 7.68. The minimum atomic E-state index is -1.49. The van der Waals surface area contributed by atoms with Gasteiger partial charge in [-0.05, 0) is 45.4 Å². The third-order valence-electron chi connectivity index (χ3n) is 5.82. The highest BCUT2D eigenvalue weighted by molar-refractivity contribution is 6.44. The molecule has 3 aromatic heterocycles. The van der Waals surface area contributed by atoms with Crippen LogP contribution in [-0.2, 0) is 21.7 Å². The molecule has 0 aromatic carbocycles. The number of quaternary nitrogens is 1. The molecule has 37 heavy (non-hydrogen) atoms. The molecule has 0 spiro atoms. The van der Waals surface area contributed by atoms with Crippen LogP contribution in [0.4, 0.5) is 10.1 Å². The summed E-state index contributed by atoms with van der Waals surface area (Å²) >= 11 is 6.31. The number of hydroxylamine groups is 2. The zero-order valence-corrected chi connectivity index (χ0v) is 21.7. The number of hydrogen-bond acceptors (Lipinski definition) is 8. The monoisotopic (exact) mass is 525 g/mol. The minimum Gasteiger partial charge on any atom is -0.614 e. The first-order chi connectivity index (χ1) is 17.3. The maximum atomic E-state index is 14.2. The Bertz CT molecular complexity index is 1460. The predicted molar refractivity (Wildman–Crippen MR) is 136 cm³/mol. The van der Waals surface area contributed by atoms with Crippen molar-refractivity contribution in [1.82, 2.24) is 24.6 Å². The quantitative estimate of drug-likeness (QED) is 0.358. The van der Waals surface area contributed by atoms with Gasteiger partial charge in [0.2, 0.25) is 0 Å². The number of aromatic nitrogens is 4. The first-order valence-electron chi connectivity index (χ1n) is 11.3. The van der Waals surface area contributed by atoms with E-state index in [9.17, 15) is 19.5 Å². The van der Waals surface area contributed by atoms with E-state index in [1.54, 1.807) is 33.8 Å². The van der Waals surface area contributed by atoms with Crippen LogP contribution in [0, 0.1) is 24.9 Å². The summed E-state index contributed by atoms with van der Waals surface area (Å²) < 4.78 is 18.3. The number of carbonyl (C=O) groups excluding carboxylic acids is 1. The van der Waals surface area contributed by atoms with Gasteiger partial charge in [0, 0.05) is 43.2 Å².